The van der Waals surface area contributed by atoms with Gasteiger partial charge in [0.15, 0.2) is 0 Å². The summed E-state index contributed by atoms with van der Waals surface area (Å²) in [6.07, 6.45) is 4.90. The lowest BCUT2D eigenvalue weighted by Crippen LogP contribution is -2.24. The first-order valence-corrected chi connectivity index (χ1v) is 2.77. The van der Waals surface area contributed by atoms with Crippen molar-refractivity contribution in [3.05, 3.63) is 0 Å². The maximum Gasteiger partial charge on any atom is 0.388 e. The van der Waals surface area contributed by atoms with Gasteiger partial charge in [-0.25, -0.2) is 4.79 Å². The van der Waals surface area contributed by atoms with E-state index < -0.39 is 11.8 Å². The van der Waals surface area contributed by atoms with Crippen LogP contribution in [0.2, 0.25) is 0 Å². The fourth-order valence-electron chi connectivity index (χ4n) is 0.443. The Morgan fingerprint density at radius 1 is 1.80 bits per heavy atom. The molecule has 0 unspecified atom stereocenters. The van der Waals surface area contributed by atoms with Gasteiger partial charge in [0.05, 0.1) is 6.61 Å². The lowest BCUT2D eigenvalue weighted by molar-refractivity contribution is -0.147. The van der Waals surface area contributed by atoms with Crippen LogP contribution in [-0.2, 0) is 19.3 Å². The number of terminal acetylenes is 1. The molecule has 0 spiro atoms. The Morgan fingerprint density at radius 3 is 2.70 bits per heavy atom. The van der Waals surface area contributed by atoms with E-state index in [4.69, 9.17) is 6.42 Å². The molecule has 0 bridgehead atoms. The molecule has 1 fully saturated rings. The van der Waals surface area contributed by atoms with Gasteiger partial charge in [-0.3, -0.25) is 0 Å². The van der Waals surface area contributed by atoms with Crippen LogP contribution < -0.4 is 0 Å². The van der Waals surface area contributed by atoms with Gasteiger partial charge in [-0.1, -0.05) is 0 Å². The van der Waals surface area contributed by atoms with Crippen LogP contribution in [0.4, 0.5) is 0 Å². The van der Waals surface area contributed by atoms with E-state index in [9.17, 15) is 4.79 Å². The van der Waals surface area contributed by atoms with Crippen LogP contribution in [0.25, 0.3) is 0 Å². The highest BCUT2D eigenvalue weighted by molar-refractivity contribution is 5.83. The van der Waals surface area contributed by atoms with Crippen LogP contribution in [-0.4, -0.2) is 18.4 Å². The molecule has 0 radical (unpaired) electrons. The van der Waals surface area contributed by atoms with Crippen LogP contribution in [0.5, 0.6) is 0 Å². The third kappa shape index (κ3) is 0.967. The summed E-state index contributed by atoms with van der Waals surface area (Å²) in [5.74, 6) is -0.183. The topological polar surface area (TPSA) is 51.4 Å². The van der Waals surface area contributed by atoms with E-state index in [0.717, 1.165) is 0 Å². The van der Waals surface area contributed by atoms with Gasteiger partial charge in [0.1, 0.15) is 0 Å². The molecule has 1 rings (SSSR count). The minimum Gasteiger partial charge on any atom is -0.461 e. The van der Waals surface area contributed by atoms with Crippen LogP contribution in [0.3, 0.4) is 0 Å². The van der Waals surface area contributed by atoms with Crippen molar-refractivity contribution in [2.24, 2.45) is 0 Å². The third-order valence-electron chi connectivity index (χ3n) is 0.984. The van der Waals surface area contributed by atoms with Crippen LogP contribution >= 0.6 is 0 Å². The summed E-state index contributed by atoms with van der Waals surface area (Å²) < 4.78 is 4.53. The Morgan fingerprint density at radius 2 is 2.40 bits per heavy atom. The minimum atomic E-state index is -1.53. The van der Waals surface area contributed by atoms with E-state index in [0.29, 0.717) is 0 Å². The van der Waals surface area contributed by atoms with Crippen molar-refractivity contribution in [3.8, 4) is 12.3 Å². The molecule has 1 saturated heterocycles. The molecule has 1 aliphatic heterocycles. The van der Waals surface area contributed by atoms with Gasteiger partial charge in [-0.05, 0) is 12.8 Å². The third-order valence-corrected chi connectivity index (χ3v) is 0.984. The number of hydrogen-bond acceptors (Lipinski definition) is 4. The first kappa shape index (κ1) is 7.06. The standard InChI is InChI=1S/C6H6O4/c1-3-6(9-10-6)5(7)8-4-2/h1H,4H2,2H3. The molecule has 54 valence electrons. The van der Waals surface area contributed by atoms with Gasteiger partial charge in [0.25, 0.3) is 0 Å². The minimum absolute atomic E-state index is 0.259. The summed E-state index contributed by atoms with van der Waals surface area (Å²) in [6.45, 7) is 1.93. The molecule has 0 aromatic carbocycles. The largest absolute Gasteiger partial charge is 0.461 e. The van der Waals surface area contributed by atoms with Gasteiger partial charge in [0, 0.05) is 0 Å². The zero-order chi connectivity index (χ0) is 7.61. The van der Waals surface area contributed by atoms with E-state index in [1.165, 1.54) is 0 Å². The van der Waals surface area contributed by atoms with E-state index in [-0.39, 0.29) is 6.61 Å². The second kappa shape index (κ2) is 2.29. The maximum atomic E-state index is 10.7. The quantitative estimate of drug-likeness (QED) is 0.233. The number of hydrogen-bond donors (Lipinski definition) is 0. The van der Waals surface area contributed by atoms with E-state index in [1.807, 2.05) is 5.92 Å². The predicted octanol–water partition coefficient (Wildman–Crippen LogP) is -0.159. The monoisotopic (exact) mass is 142 g/mol. The average Bonchev–Trinajstić information content (AvgIpc) is 2.68. The van der Waals surface area contributed by atoms with E-state index >= 15 is 0 Å². The van der Waals surface area contributed by atoms with Crippen molar-refractivity contribution >= 4 is 5.97 Å². The zero-order valence-corrected chi connectivity index (χ0v) is 5.42. The highest BCUT2D eigenvalue weighted by Crippen LogP contribution is 2.29. The number of carbonyl (C=O) groups is 1. The number of esters is 1. The van der Waals surface area contributed by atoms with E-state index in [1.54, 1.807) is 6.92 Å². The maximum absolute atomic E-state index is 10.7. The molecule has 0 aromatic rings. The number of ether oxygens (including phenoxy) is 1. The first-order valence-electron chi connectivity index (χ1n) is 2.77. The molecule has 0 atom stereocenters. The molecule has 1 heterocycles. The predicted molar refractivity (Wildman–Crippen MR) is 30.4 cm³/mol. The molecule has 0 aliphatic carbocycles. The molecule has 0 aromatic heterocycles. The highest BCUT2D eigenvalue weighted by atomic mass is 17.4. The number of rotatable bonds is 2. The van der Waals surface area contributed by atoms with Gasteiger partial charge >= 0.3 is 11.8 Å². The zero-order valence-electron chi connectivity index (χ0n) is 5.42. The van der Waals surface area contributed by atoms with Gasteiger partial charge in [-0.2, -0.15) is 9.78 Å². The smallest absolute Gasteiger partial charge is 0.388 e. The lowest BCUT2D eigenvalue weighted by atomic mass is 10.3. The van der Waals surface area contributed by atoms with Crippen LogP contribution in [0, 0.1) is 12.3 Å². The van der Waals surface area contributed by atoms with Crippen molar-refractivity contribution in [1.29, 1.82) is 0 Å². The molecule has 0 saturated carbocycles. The molecule has 1 aliphatic rings. The normalized spacial score (nSPS) is 19.2. The summed E-state index contributed by atoms with van der Waals surface area (Å²) in [4.78, 5) is 19.2. The second-order valence-electron chi connectivity index (χ2n) is 1.65. The fraction of sp³-hybridized carbons (Fsp3) is 0.500. The van der Waals surface area contributed by atoms with Gasteiger partial charge in [0.2, 0.25) is 0 Å². The molecule has 0 N–H and O–H groups in total. The van der Waals surface area contributed by atoms with Gasteiger partial charge < -0.3 is 4.74 Å². The Labute approximate surface area is 58.0 Å². The summed E-state index contributed by atoms with van der Waals surface area (Å²) >= 11 is 0. The van der Waals surface area contributed by atoms with Gasteiger partial charge in [-0.15, -0.1) is 6.42 Å². The number of carbonyl (C=O) groups excluding carboxylic acids is 1. The summed E-state index contributed by atoms with van der Waals surface area (Å²) in [5.41, 5.74) is 0. The average molecular weight is 142 g/mol. The van der Waals surface area contributed by atoms with Crippen molar-refractivity contribution in [1.82, 2.24) is 0 Å². The molecule has 4 nitrogen and oxygen atoms in total. The van der Waals surface area contributed by atoms with Crippen LogP contribution in [0.1, 0.15) is 6.92 Å². The molecule has 4 heteroatoms. The SMILES string of the molecule is C#CC1(C(=O)OCC)OO1. The molecular weight excluding hydrogens is 136 g/mol. The van der Waals surface area contributed by atoms with Crippen molar-refractivity contribution in [3.63, 3.8) is 0 Å². The summed E-state index contributed by atoms with van der Waals surface area (Å²) in [7, 11) is 0. The Hall–Kier alpha value is -1.05. The highest BCUT2D eigenvalue weighted by Gasteiger charge is 2.57. The fourth-order valence-corrected chi connectivity index (χ4v) is 0.443. The van der Waals surface area contributed by atoms with Crippen molar-refractivity contribution in [2.75, 3.05) is 6.61 Å². The summed E-state index contributed by atoms with van der Waals surface area (Å²) in [5, 5.41) is 0. The Bertz CT molecular complexity index is 186. The van der Waals surface area contributed by atoms with Crippen molar-refractivity contribution in [2.45, 2.75) is 12.7 Å². The Balaban J connectivity index is 2.50. The molecular formula is C6H6O4. The molecule has 0 amide bonds. The lowest BCUT2D eigenvalue weighted by Gasteiger charge is -1.97. The Kier molecular flexibility index (Phi) is 1.62. The van der Waals surface area contributed by atoms with E-state index in [2.05, 4.69) is 14.5 Å². The van der Waals surface area contributed by atoms with Crippen molar-refractivity contribution < 1.29 is 19.3 Å². The summed E-state index contributed by atoms with van der Waals surface area (Å²) in [6, 6.07) is 0. The molecule has 10 heavy (non-hydrogen) atoms. The van der Waals surface area contributed by atoms with Crippen LogP contribution in [0.15, 0.2) is 0 Å². The second-order valence-corrected chi connectivity index (χ2v) is 1.65. The first-order chi connectivity index (χ1) is 4.75.